The quantitative estimate of drug-likeness (QED) is 0.442. The summed E-state index contributed by atoms with van der Waals surface area (Å²) >= 11 is 0. The van der Waals surface area contributed by atoms with Crippen LogP contribution in [0.3, 0.4) is 0 Å². The Hall–Kier alpha value is -0.370. The van der Waals surface area contributed by atoms with Crippen LogP contribution in [0, 0.1) is 6.61 Å². The highest BCUT2D eigenvalue weighted by Gasteiger charge is 2.19. The fourth-order valence-electron chi connectivity index (χ4n) is 0.516. The van der Waals surface area contributed by atoms with Gasteiger partial charge in [-0.25, -0.2) is 0 Å². The highest BCUT2D eigenvalue weighted by molar-refractivity contribution is 5.85. The molecule has 0 spiro atoms. The van der Waals surface area contributed by atoms with Crippen molar-refractivity contribution in [3.8, 4) is 0 Å². The number of carbonyl (C=O) groups excluding carboxylic acids is 1. The molecule has 0 saturated carbocycles. The van der Waals surface area contributed by atoms with E-state index >= 15 is 0 Å². The van der Waals surface area contributed by atoms with Crippen LogP contribution in [0.4, 0.5) is 0 Å². The zero-order valence-corrected chi connectivity index (χ0v) is 4.18. The number of Topliss-reactive ketones (excluding diaryl/α,β-unsaturated/α-hetero) is 1. The third-order valence-corrected chi connectivity index (χ3v) is 1.04. The lowest BCUT2D eigenvalue weighted by Gasteiger charge is -1.93. The van der Waals surface area contributed by atoms with Gasteiger partial charge in [-0.1, -0.05) is 0 Å². The number of ketones is 1. The van der Waals surface area contributed by atoms with Crippen LogP contribution in [0.25, 0.3) is 0 Å². The fourth-order valence-corrected chi connectivity index (χ4v) is 0.516. The maximum absolute atomic E-state index is 10.4. The Balaban J connectivity index is 2.48. The molecule has 0 aromatic heterocycles. The molecule has 0 bridgehead atoms. The predicted molar refractivity (Wildman–Crippen MR) is 24.5 cm³/mol. The molecule has 2 heteroatoms. The normalized spacial score (nSPS) is 31.6. The van der Waals surface area contributed by atoms with E-state index in [0.717, 1.165) is 0 Å². The van der Waals surface area contributed by atoms with E-state index in [-0.39, 0.29) is 11.9 Å². The first-order valence-electron chi connectivity index (χ1n) is 2.30. The summed E-state index contributed by atoms with van der Waals surface area (Å²) in [6.45, 7) is 3.30. The van der Waals surface area contributed by atoms with E-state index in [1.54, 1.807) is 13.5 Å². The van der Waals surface area contributed by atoms with Crippen molar-refractivity contribution in [3.05, 3.63) is 6.61 Å². The van der Waals surface area contributed by atoms with E-state index in [1.165, 1.54) is 0 Å². The minimum atomic E-state index is -0.181. The van der Waals surface area contributed by atoms with Crippen molar-refractivity contribution in [3.63, 3.8) is 0 Å². The van der Waals surface area contributed by atoms with Gasteiger partial charge < -0.3 is 4.74 Å². The standard InChI is InChI=1S/C5H7O2/c1-4-5(6)2-3-7-4/h3-4H,2H2,1H3. The zero-order valence-electron chi connectivity index (χ0n) is 4.18. The molecular formula is C5H7O2. The van der Waals surface area contributed by atoms with Gasteiger partial charge >= 0.3 is 0 Å². The van der Waals surface area contributed by atoms with Crippen molar-refractivity contribution >= 4 is 5.78 Å². The second-order valence-corrected chi connectivity index (χ2v) is 1.62. The van der Waals surface area contributed by atoms with Crippen molar-refractivity contribution in [1.29, 1.82) is 0 Å². The highest BCUT2D eigenvalue weighted by atomic mass is 16.5. The largest absolute Gasteiger partial charge is 0.364 e. The average Bonchev–Trinajstić information content (AvgIpc) is 1.91. The minimum absolute atomic E-state index is 0.181. The Kier molecular flexibility index (Phi) is 1.11. The van der Waals surface area contributed by atoms with Crippen molar-refractivity contribution in [2.75, 3.05) is 0 Å². The molecule has 39 valence electrons. The molecule has 1 unspecified atom stereocenters. The monoisotopic (exact) mass is 99.0 g/mol. The first kappa shape index (κ1) is 4.78. The van der Waals surface area contributed by atoms with E-state index in [4.69, 9.17) is 4.74 Å². The number of carbonyl (C=O) groups is 1. The second kappa shape index (κ2) is 1.62. The first-order valence-corrected chi connectivity index (χ1v) is 2.30. The summed E-state index contributed by atoms with van der Waals surface area (Å²) < 4.78 is 4.79. The van der Waals surface area contributed by atoms with Gasteiger partial charge in [-0.05, 0) is 6.92 Å². The molecule has 1 saturated heterocycles. The Labute approximate surface area is 42.5 Å². The molecule has 0 aromatic carbocycles. The van der Waals surface area contributed by atoms with Crippen LogP contribution in [0.15, 0.2) is 0 Å². The molecule has 1 atom stereocenters. The number of hydrogen-bond donors (Lipinski definition) is 0. The molecule has 0 aliphatic carbocycles. The van der Waals surface area contributed by atoms with Gasteiger partial charge in [-0.3, -0.25) is 4.79 Å². The van der Waals surface area contributed by atoms with Crippen LogP contribution in [0.1, 0.15) is 13.3 Å². The maximum Gasteiger partial charge on any atom is 0.163 e. The van der Waals surface area contributed by atoms with Crippen LogP contribution in [0.2, 0.25) is 0 Å². The third-order valence-electron chi connectivity index (χ3n) is 1.04. The molecule has 2 nitrogen and oxygen atoms in total. The lowest BCUT2D eigenvalue weighted by molar-refractivity contribution is -0.121. The van der Waals surface area contributed by atoms with Crippen LogP contribution < -0.4 is 0 Å². The average molecular weight is 99.1 g/mol. The lowest BCUT2D eigenvalue weighted by Crippen LogP contribution is -2.08. The van der Waals surface area contributed by atoms with Crippen LogP contribution in [-0.2, 0) is 9.53 Å². The van der Waals surface area contributed by atoms with E-state index in [1.807, 2.05) is 0 Å². The Morgan fingerprint density at radius 3 is 2.86 bits per heavy atom. The van der Waals surface area contributed by atoms with Crippen molar-refractivity contribution < 1.29 is 9.53 Å². The molecule has 7 heavy (non-hydrogen) atoms. The van der Waals surface area contributed by atoms with Gasteiger partial charge in [0.15, 0.2) is 5.78 Å². The topological polar surface area (TPSA) is 26.3 Å². The Morgan fingerprint density at radius 1 is 2.00 bits per heavy atom. The SMILES string of the molecule is CC1O[CH]CC1=O. The summed E-state index contributed by atoms with van der Waals surface area (Å²) in [6, 6.07) is 0. The summed E-state index contributed by atoms with van der Waals surface area (Å²) in [4.78, 5) is 10.4. The van der Waals surface area contributed by atoms with Crippen molar-refractivity contribution in [2.45, 2.75) is 19.4 Å². The molecule has 1 heterocycles. The zero-order chi connectivity index (χ0) is 5.28. The summed E-state index contributed by atoms with van der Waals surface area (Å²) in [6.07, 6.45) is 0.307. The number of hydrogen-bond acceptors (Lipinski definition) is 2. The van der Waals surface area contributed by atoms with Crippen molar-refractivity contribution in [2.24, 2.45) is 0 Å². The predicted octanol–water partition coefficient (Wildman–Crippen LogP) is 0.526. The number of ether oxygens (including phenoxy) is 1. The molecule has 0 amide bonds. The Morgan fingerprint density at radius 2 is 2.71 bits per heavy atom. The smallest absolute Gasteiger partial charge is 0.163 e. The van der Waals surface area contributed by atoms with E-state index in [2.05, 4.69) is 0 Å². The summed E-state index contributed by atoms with van der Waals surface area (Å²) in [5, 5.41) is 0. The third kappa shape index (κ3) is 0.800. The number of rotatable bonds is 0. The molecule has 1 rings (SSSR count). The molecule has 1 aliphatic rings. The fraction of sp³-hybridized carbons (Fsp3) is 0.600. The van der Waals surface area contributed by atoms with Crippen LogP contribution in [-0.4, -0.2) is 11.9 Å². The van der Waals surface area contributed by atoms with Crippen LogP contribution >= 0.6 is 0 Å². The van der Waals surface area contributed by atoms with Gasteiger partial charge in [0, 0.05) is 6.42 Å². The second-order valence-electron chi connectivity index (χ2n) is 1.62. The lowest BCUT2D eigenvalue weighted by atomic mass is 10.2. The van der Waals surface area contributed by atoms with Gasteiger partial charge in [0.2, 0.25) is 0 Å². The molecule has 0 N–H and O–H groups in total. The van der Waals surface area contributed by atoms with Gasteiger partial charge in [-0.15, -0.1) is 0 Å². The van der Waals surface area contributed by atoms with Crippen molar-refractivity contribution in [1.82, 2.24) is 0 Å². The Bertz CT molecular complexity index is 88.1. The molecule has 1 radical (unpaired) electrons. The molecule has 1 aliphatic heterocycles. The van der Waals surface area contributed by atoms with Crippen LogP contribution in [0.5, 0.6) is 0 Å². The van der Waals surface area contributed by atoms with Gasteiger partial charge in [-0.2, -0.15) is 0 Å². The summed E-state index contributed by atoms with van der Waals surface area (Å²) in [5.41, 5.74) is 0. The molecule has 1 fully saturated rings. The van der Waals surface area contributed by atoms with E-state index in [0.29, 0.717) is 6.42 Å². The minimum Gasteiger partial charge on any atom is -0.364 e. The van der Waals surface area contributed by atoms with Gasteiger partial charge in [0.05, 0.1) is 6.61 Å². The summed E-state index contributed by atoms with van der Waals surface area (Å²) in [5.74, 6) is 0.181. The van der Waals surface area contributed by atoms with Gasteiger partial charge in [0.25, 0.3) is 0 Å². The molecule has 0 aromatic rings. The first-order chi connectivity index (χ1) is 3.30. The summed E-state index contributed by atoms with van der Waals surface area (Å²) in [7, 11) is 0. The van der Waals surface area contributed by atoms with E-state index < -0.39 is 0 Å². The molecular weight excluding hydrogens is 92.1 g/mol. The maximum atomic E-state index is 10.4. The van der Waals surface area contributed by atoms with E-state index in [9.17, 15) is 4.79 Å². The van der Waals surface area contributed by atoms with Gasteiger partial charge in [0.1, 0.15) is 6.10 Å². The highest BCUT2D eigenvalue weighted by Crippen LogP contribution is 2.09.